The molecule has 0 radical (unpaired) electrons. The number of hydrogen-bond donors (Lipinski definition) is 1. The van der Waals surface area contributed by atoms with Gasteiger partial charge in [-0.3, -0.25) is 4.90 Å². The number of hydrogen-bond acceptors (Lipinski definition) is 4. The first kappa shape index (κ1) is 11.8. The Morgan fingerprint density at radius 1 is 1.28 bits per heavy atom. The van der Waals surface area contributed by atoms with Crippen LogP contribution in [0.4, 0.5) is 0 Å². The van der Waals surface area contributed by atoms with Crippen molar-refractivity contribution in [2.24, 2.45) is 0 Å². The number of para-hydroxylation sites is 1. The number of aliphatic hydroxyl groups is 1. The highest BCUT2D eigenvalue weighted by Gasteiger charge is 2.25. The van der Waals surface area contributed by atoms with Crippen LogP contribution in [0.15, 0.2) is 18.2 Å². The van der Waals surface area contributed by atoms with Crippen LogP contribution in [0.2, 0.25) is 0 Å². The Labute approximate surface area is 107 Å². The maximum absolute atomic E-state index is 9.36. The van der Waals surface area contributed by atoms with Gasteiger partial charge in [0.2, 0.25) is 0 Å². The maximum Gasteiger partial charge on any atom is 0.165 e. The first-order chi connectivity index (χ1) is 8.88. The highest BCUT2D eigenvalue weighted by Crippen LogP contribution is 2.35. The molecular weight excluding hydrogens is 230 g/mol. The second-order valence-electron chi connectivity index (χ2n) is 4.89. The van der Waals surface area contributed by atoms with Crippen molar-refractivity contribution in [2.75, 3.05) is 26.4 Å². The Hall–Kier alpha value is -1.26. The van der Waals surface area contributed by atoms with Crippen LogP contribution in [0.3, 0.4) is 0 Å². The molecule has 0 saturated carbocycles. The molecule has 4 heteroatoms. The lowest BCUT2D eigenvalue weighted by Crippen LogP contribution is -2.32. The third-order valence-electron chi connectivity index (χ3n) is 3.73. The number of benzene rings is 1. The summed E-state index contributed by atoms with van der Waals surface area (Å²) in [6, 6.07) is 6.34. The van der Waals surface area contributed by atoms with Crippen LogP contribution in [-0.2, 0) is 6.54 Å². The summed E-state index contributed by atoms with van der Waals surface area (Å²) >= 11 is 0. The predicted octanol–water partition coefficient (Wildman–Crippen LogP) is 1.41. The highest BCUT2D eigenvalue weighted by molar-refractivity contribution is 5.47. The second-order valence-corrected chi connectivity index (χ2v) is 4.89. The average molecular weight is 249 g/mol. The zero-order valence-corrected chi connectivity index (χ0v) is 10.5. The van der Waals surface area contributed by atoms with E-state index in [4.69, 9.17) is 9.47 Å². The number of aliphatic hydroxyl groups excluding tert-OH is 1. The summed E-state index contributed by atoms with van der Waals surface area (Å²) in [5.41, 5.74) is 1.16. The maximum atomic E-state index is 9.36. The van der Waals surface area contributed by atoms with E-state index in [1.54, 1.807) is 0 Å². The molecule has 0 aliphatic carbocycles. The van der Waals surface area contributed by atoms with Crippen LogP contribution in [0.1, 0.15) is 18.4 Å². The number of rotatable bonds is 3. The summed E-state index contributed by atoms with van der Waals surface area (Å²) < 4.78 is 11.3. The standard InChI is InChI=1S/C14H19NO3/c16-10-12-4-2-6-15(12)9-11-3-1-5-13-14(11)18-8-7-17-13/h1,3,5,12,16H,2,4,6-10H2/t12-/m1/s1. The fourth-order valence-corrected chi connectivity index (χ4v) is 2.79. The van der Waals surface area contributed by atoms with Crippen molar-refractivity contribution in [3.63, 3.8) is 0 Å². The minimum atomic E-state index is 0.242. The van der Waals surface area contributed by atoms with E-state index >= 15 is 0 Å². The Morgan fingerprint density at radius 3 is 3.06 bits per heavy atom. The van der Waals surface area contributed by atoms with E-state index in [0.717, 1.165) is 43.0 Å². The first-order valence-corrected chi connectivity index (χ1v) is 6.61. The number of nitrogens with zero attached hydrogens (tertiary/aromatic N) is 1. The van der Waals surface area contributed by atoms with Gasteiger partial charge >= 0.3 is 0 Å². The van der Waals surface area contributed by atoms with Crippen molar-refractivity contribution in [1.29, 1.82) is 0 Å². The molecule has 1 fully saturated rings. The van der Waals surface area contributed by atoms with Gasteiger partial charge in [0.15, 0.2) is 11.5 Å². The van der Waals surface area contributed by atoms with Gasteiger partial charge in [0.1, 0.15) is 13.2 Å². The summed E-state index contributed by atoms with van der Waals surface area (Å²) in [4.78, 5) is 2.33. The van der Waals surface area contributed by atoms with Crippen molar-refractivity contribution in [3.05, 3.63) is 23.8 Å². The second kappa shape index (κ2) is 5.16. The molecule has 18 heavy (non-hydrogen) atoms. The first-order valence-electron chi connectivity index (χ1n) is 6.61. The Morgan fingerprint density at radius 2 is 2.17 bits per heavy atom. The zero-order chi connectivity index (χ0) is 12.4. The van der Waals surface area contributed by atoms with Crippen LogP contribution < -0.4 is 9.47 Å². The fraction of sp³-hybridized carbons (Fsp3) is 0.571. The molecule has 0 aromatic heterocycles. The third-order valence-corrected chi connectivity index (χ3v) is 3.73. The van der Waals surface area contributed by atoms with Crippen molar-refractivity contribution < 1.29 is 14.6 Å². The van der Waals surface area contributed by atoms with Crippen molar-refractivity contribution in [3.8, 4) is 11.5 Å². The molecule has 4 nitrogen and oxygen atoms in total. The Kier molecular flexibility index (Phi) is 3.39. The van der Waals surface area contributed by atoms with E-state index in [0.29, 0.717) is 19.3 Å². The van der Waals surface area contributed by atoms with Gasteiger partial charge in [-0.1, -0.05) is 12.1 Å². The van der Waals surface area contributed by atoms with E-state index in [2.05, 4.69) is 11.0 Å². The van der Waals surface area contributed by atoms with E-state index < -0.39 is 0 Å². The molecule has 3 rings (SSSR count). The van der Waals surface area contributed by atoms with Crippen LogP contribution in [0, 0.1) is 0 Å². The van der Waals surface area contributed by atoms with E-state index in [-0.39, 0.29) is 6.61 Å². The van der Waals surface area contributed by atoms with E-state index in [1.165, 1.54) is 0 Å². The van der Waals surface area contributed by atoms with Gasteiger partial charge in [-0.15, -0.1) is 0 Å². The van der Waals surface area contributed by atoms with Crippen molar-refractivity contribution in [1.82, 2.24) is 4.90 Å². The van der Waals surface area contributed by atoms with Crippen LogP contribution in [0.25, 0.3) is 0 Å². The molecule has 1 aromatic rings. The molecule has 2 aliphatic heterocycles. The zero-order valence-electron chi connectivity index (χ0n) is 10.5. The lowest BCUT2D eigenvalue weighted by Gasteiger charge is -2.26. The molecule has 1 atom stereocenters. The SMILES string of the molecule is OC[C@H]1CCCN1Cc1cccc2c1OCCO2. The van der Waals surface area contributed by atoms with Gasteiger partial charge in [0, 0.05) is 18.2 Å². The molecule has 1 saturated heterocycles. The summed E-state index contributed by atoms with van der Waals surface area (Å²) in [5, 5.41) is 9.36. The topological polar surface area (TPSA) is 41.9 Å². The normalized spacial score (nSPS) is 23.3. The minimum absolute atomic E-state index is 0.242. The molecule has 0 unspecified atom stereocenters. The molecule has 98 valence electrons. The quantitative estimate of drug-likeness (QED) is 0.879. The Balaban J connectivity index is 1.80. The molecule has 2 aliphatic rings. The summed E-state index contributed by atoms with van der Waals surface area (Å²) in [5.74, 6) is 1.73. The molecule has 2 heterocycles. The molecule has 0 amide bonds. The number of fused-ring (bicyclic) bond motifs is 1. The van der Waals surface area contributed by atoms with Crippen LogP contribution >= 0.6 is 0 Å². The van der Waals surface area contributed by atoms with Crippen molar-refractivity contribution >= 4 is 0 Å². The molecule has 0 bridgehead atoms. The van der Waals surface area contributed by atoms with Crippen LogP contribution in [0.5, 0.6) is 11.5 Å². The summed E-state index contributed by atoms with van der Waals surface area (Å²) in [6.07, 6.45) is 2.25. The fourth-order valence-electron chi connectivity index (χ4n) is 2.79. The Bertz CT molecular complexity index is 422. The summed E-state index contributed by atoms with van der Waals surface area (Å²) in [6.45, 7) is 3.37. The smallest absolute Gasteiger partial charge is 0.165 e. The number of likely N-dealkylation sites (tertiary alicyclic amines) is 1. The molecular formula is C14H19NO3. The van der Waals surface area contributed by atoms with Gasteiger partial charge in [0.25, 0.3) is 0 Å². The largest absolute Gasteiger partial charge is 0.486 e. The van der Waals surface area contributed by atoms with Gasteiger partial charge in [-0.2, -0.15) is 0 Å². The van der Waals surface area contributed by atoms with Gasteiger partial charge in [-0.05, 0) is 25.5 Å². The molecule has 1 aromatic carbocycles. The van der Waals surface area contributed by atoms with Crippen LogP contribution in [-0.4, -0.2) is 42.4 Å². The highest BCUT2D eigenvalue weighted by atomic mass is 16.6. The van der Waals surface area contributed by atoms with Gasteiger partial charge < -0.3 is 14.6 Å². The predicted molar refractivity (Wildman–Crippen MR) is 67.9 cm³/mol. The van der Waals surface area contributed by atoms with Crippen molar-refractivity contribution in [2.45, 2.75) is 25.4 Å². The third kappa shape index (κ3) is 2.18. The number of ether oxygens (including phenoxy) is 2. The van der Waals surface area contributed by atoms with E-state index in [1.807, 2.05) is 12.1 Å². The molecule has 1 N–H and O–H groups in total. The average Bonchev–Trinajstić information content (AvgIpc) is 2.86. The van der Waals surface area contributed by atoms with Gasteiger partial charge in [0.05, 0.1) is 6.61 Å². The monoisotopic (exact) mass is 249 g/mol. The summed E-state index contributed by atoms with van der Waals surface area (Å²) in [7, 11) is 0. The molecule has 0 spiro atoms. The van der Waals surface area contributed by atoms with E-state index in [9.17, 15) is 5.11 Å². The lowest BCUT2D eigenvalue weighted by atomic mass is 10.1. The lowest BCUT2D eigenvalue weighted by molar-refractivity contribution is 0.145. The minimum Gasteiger partial charge on any atom is -0.486 e. The van der Waals surface area contributed by atoms with Gasteiger partial charge in [-0.25, -0.2) is 0 Å².